The predicted octanol–water partition coefficient (Wildman–Crippen LogP) is 3.50. The van der Waals surface area contributed by atoms with Crippen LogP contribution in [0.1, 0.15) is 45.7 Å². The number of anilines is 4. The van der Waals surface area contributed by atoms with Crippen molar-refractivity contribution in [2.24, 2.45) is 5.92 Å². The second-order valence-corrected chi connectivity index (χ2v) is 13.3. The maximum Gasteiger partial charge on any atom is 0.227 e. The Balaban J connectivity index is 1.39. The van der Waals surface area contributed by atoms with E-state index in [9.17, 15) is 12.8 Å². The van der Waals surface area contributed by atoms with Crippen molar-refractivity contribution in [3.63, 3.8) is 0 Å². The van der Waals surface area contributed by atoms with Gasteiger partial charge in [0.15, 0.2) is 5.82 Å². The first-order chi connectivity index (χ1) is 19.1. The normalized spacial score (nSPS) is 23.5. The van der Waals surface area contributed by atoms with Gasteiger partial charge in [0.05, 0.1) is 24.1 Å². The number of methoxy groups -OCH3 is 1. The Bertz CT molecular complexity index is 1470. The van der Waals surface area contributed by atoms with Gasteiger partial charge in [0.1, 0.15) is 27.6 Å². The van der Waals surface area contributed by atoms with Crippen molar-refractivity contribution in [1.82, 2.24) is 25.1 Å². The van der Waals surface area contributed by atoms with Crippen molar-refractivity contribution in [1.29, 1.82) is 0 Å². The van der Waals surface area contributed by atoms with Gasteiger partial charge in [0.25, 0.3) is 0 Å². The van der Waals surface area contributed by atoms with Crippen molar-refractivity contribution >= 4 is 44.0 Å². The Kier molecular flexibility index (Phi) is 8.05. The quantitative estimate of drug-likeness (QED) is 0.405. The molecule has 0 aromatic carbocycles. The minimum absolute atomic E-state index is 0.0267. The molecule has 13 heteroatoms. The Labute approximate surface area is 234 Å². The first-order valence-corrected chi connectivity index (χ1v) is 15.6. The summed E-state index contributed by atoms with van der Waals surface area (Å²) in [6.07, 6.45) is 2.48. The summed E-state index contributed by atoms with van der Waals surface area (Å²) < 4.78 is 44.0. The average Bonchev–Trinajstić information content (AvgIpc) is 2.94. The molecule has 0 radical (unpaired) electrons. The minimum Gasteiger partial charge on any atom is -0.378 e. The zero-order valence-corrected chi connectivity index (χ0v) is 24.4. The number of piperidine rings is 1. The molecule has 2 fully saturated rings. The number of alkyl halides is 1. The van der Waals surface area contributed by atoms with Gasteiger partial charge in [-0.25, -0.2) is 22.8 Å². The monoisotopic (exact) mass is 572 g/mol. The van der Waals surface area contributed by atoms with Crippen LogP contribution >= 0.6 is 0 Å². The van der Waals surface area contributed by atoms with Crippen molar-refractivity contribution < 1.29 is 17.5 Å². The molecule has 2 saturated heterocycles. The summed E-state index contributed by atoms with van der Waals surface area (Å²) in [5, 5.41) is 14.2. The van der Waals surface area contributed by atoms with E-state index in [1.54, 1.807) is 25.4 Å². The van der Waals surface area contributed by atoms with E-state index in [1.165, 1.54) is 7.11 Å². The number of rotatable bonds is 9. The first-order valence-electron chi connectivity index (χ1n) is 13.8. The number of nitrogens with zero attached hydrogens (tertiary/aromatic N) is 7. The van der Waals surface area contributed by atoms with E-state index >= 15 is 0 Å². The molecule has 11 nitrogen and oxygen atoms in total. The zero-order valence-electron chi connectivity index (χ0n) is 23.6. The Hall–Kier alpha value is -3.19. The van der Waals surface area contributed by atoms with Crippen LogP contribution < -0.4 is 15.1 Å². The van der Waals surface area contributed by atoms with Gasteiger partial charge in [-0.05, 0) is 31.4 Å². The maximum absolute atomic E-state index is 14.4. The lowest BCUT2D eigenvalue weighted by molar-refractivity contribution is 0.0194. The summed E-state index contributed by atoms with van der Waals surface area (Å²) in [5.74, 6) is 2.81. The Morgan fingerprint density at radius 1 is 1.18 bits per heavy atom. The summed E-state index contributed by atoms with van der Waals surface area (Å²) in [7, 11) is -1.52. The van der Waals surface area contributed by atoms with E-state index < -0.39 is 22.1 Å². The Morgan fingerprint density at radius 2 is 1.98 bits per heavy atom. The molecule has 0 spiro atoms. The van der Waals surface area contributed by atoms with Crippen molar-refractivity contribution in [2.45, 2.75) is 58.4 Å². The van der Waals surface area contributed by atoms with E-state index in [-0.39, 0.29) is 35.9 Å². The molecular formula is C27H37FN8O3S. The van der Waals surface area contributed by atoms with E-state index in [1.807, 2.05) is 17.9 Å². The highest BCUT2D eigenvalue weighted by molar-refractivity contribution is 7.91. The second-order valence-electron chi connectivity index (χ2n) is 10.9. The van der Waals surface area contributed by atoms with E-state index in [2.05, 4.69) is 49.2 Å². The molecule has 5 heterocycles. The largest absolute Gasteiger partial charge is 0.378 e. The number of hydrogen-bond acceptors (Lipinski definition) is 11. The molecule has 0 bridgehead atoms. The van der Waals surface area contributed by atoms with Crippen LogP contribution in [0, 0.1) is 5.92 Å². The summed E-state index contributed by atoms with van der Waals surface area (Å²) in [6, 6.07) is 3.71. The van der Waals surface area contributed by atoms with E-state index in [0.717, 1.165) is 16.5 Å². The van der Waals surface area contributed by atoms with Crippen molar-refractivity contribution in [3.05, 3.63) is 30.2 Å². The number of sulfone groups is 1. The van der Waals surface area contributed by atoms with Gasteiger partial charge in [0.2, 0.25) is 5.95 Å². The van der Waals surface area contributed by atoms with Gasteiger partial charge in [0, 0.05) is 61.1 Å². The van der Waals surface area contributed by atoms with Crippen LogP contribution in [-0.2, 0) is 14.6 Å². The summed E-state index contributed by atoms with van der Waals surface area (Å²) in [4.78, 5) is 17.5. The molecule has 3 aromatic heterocycles. The van der Waals surface area contributed by atoms with Gasteiger partial charge in [-0.2, -0.15) is 10.1 Å². The maximum atomic E-state index is 14.4. The smallest absolute Gasteiger partial charge is 0.227 e. The number of halogens is 1. The van der Waals surface area contributed by atoms with Gasteiger partial charge in [-0.1, -0.05) is 20.8 Å². The molecule has 0 aliphatic carbocycles. The van der Waals surface area contributed by atoms with Crippen LogP contribution in [0.5, 0.6) is 0 Å². The van der Waals surface area contributed by atoms with Crippen LogP contribution in [0.3, 0.4) is 0 Å². The number of aromatic nitrogens is 5. The van der Waals surface area contributed by atoms with Crippen LogP contribution in [0.2, 0.25) is 0 Å². The molecule has 5 rings (SSSR count). The van der Waals surface area contributed by atoms with E-state index in [0.29, 0.717) is 42.9 Å². The standard InChI is InChI=1S/C27H37FN8O3S/c1-6-40(37,38)15-18-13-36(17(18)4)26-20-12-30-24(11-19(20)25(16(2)3)33-34-26)31-23-7-9-29-27(32-23)35-10-8-22(39-5)21(28)14-35/h7,9,11-12,16-18,21-22H,6,8,10,13-15H2,1-5H3,(H,29,30,31,32)/t17-,18-,21+,22-/m1/s1. The molecule has 40 heavy (non-hydrogen) atoms. The van der Waals surface area contributed by atoms with Crippen LogP contribution in [0.25, 0.3) is 10.8 Å². The van der Waals surface area contributed by atoms with Gasteiger partial charge >= 0.3 is 0 Å². The highest BCUT2D eigenvalue weighted by atomic mass is 32.2. The predicted molar refractivity (Wildman–Crippen MR) is 154 cm³/mol. The fourth-order valence-corrected chi connectivity index (χ4v) is 6.67. The van der Waals surface area contributed by atoms with E-state index in [4.69, 9.17) is 4.74 Å². The summed E-state index contributed by atoms with van der Waals surface area (Å²) >= 11 is 0. The lowest BCUT2D eigenvalue weighted by Crippen LogP contribution is -2.57. The number of pyridine rings is 1. The van der Waals surface area contributed by atoms with Crippen molar-refractivity contribution in [2.75, 3.05) is 53.4 Å². The minimum atomic E-state index is -3.05. The summed E-state index contributed by atoms with van der Waals surface area (Å²) in [5.41, 5.74) is 0.848. The molecule has 2 aliphatic rings. The van der Waals surface area contributed by atoms with Gasteiger partial charge in [-0.3, -0.25) is 0 Å². The summed E-state index contributed by atoms with van der Waals surface area (Å²) in [6.45, 7) is 9.24. The Morgan fingerprint density at radius 3 is 2.65 bits per heavy atom. The molecule has 216 valence electrons. The molecule has 1 N–H and O–H groups in total. The topological polar surface area (TPSA) is 126 Å². The molecule has 2 aliphatic heterocycles. The zero-order chi connectivity index (χ0) is 28.6. The molecule has 0 unspecified atom stereocenters. The number of ether oxygens (including phenoxy) is 1. The molecule has 0 amide bonds. The molecule has 3 aromatic rings. The number of nitrogens with one attached hydrogen (secondary N) is 1. The third-order valence-electron chi connectivity index (χ3n) is 7.97. The van der Waals surface area contributed by atoms with Gasteiger partial charge in [-0.15, -0.1) is 5.10 Å². The number of fused-ring (bicyclic) bond motifs is 1. The molecule has 0 saturated carbocycles. The van der Waals surface area contributed by atoms with Crippen LogP contribution in [-0.4, -0.2) is 90.1 Å². The first kappa shape index (κ1) is 28.3. The third-order valence-corrected chi connectivity index (χ3v) is 9.79. The lowest BCUT2D eigenvalue weighted by atomic mass is 9.91. The highest BCUT2D eigenvalue weighted by Gasteiger charge is 2.40. The number of hydrogen-bond donors (Lipinski definition) is 1. The van der Waals surface area contributed by atoms with Gasteiger partial charge < -0.3 is 19.9 Å². The fraction of sp³-hybridized carbons (Fsp3) is 0.593. The molecule has 4 atom stereocenters. The van der Waals surface area contributed by atoms with Crippen LogP contribution in [0.15, 0.2) is 24.5 Å². The van der Waals surface area contributed by atoms with Crippen LogP contribution in [0.4, 0.5) is 27.8 Å². The molecular weight excluding hydrogens is 535 g/mol. The second kappa shape index (κ2) is 11.4. The third kappa shape index (κ3) is 5.67. The highest BCUT2D eigenvalue weighted by Crippen LogP contribution is 2.37. The fourth-order valence-electron chi connectivity index (χ4n) is 5.40. The SMILES string of the molecule is CCS(=O)(=O)C[C@H]1CN(c2nnc(C(C)C)c3cc(Nc4ccnc(N5CC[C@@H](OC)[C@@H](F)C5)n4)ncc23)[C@@H]1C. The lowest BCUT2D eigenvalue weighted by Gasteiger charge is -2.47. The average molecular weight is 573 g/mol. The van der Waals surface area contributed by atoms with Crippen molar-refractivity contribution in [3.8, 4) is 0 Å².